The van der Waals surface area contributed by atoms with Gasteiger partial charge in [-0.1, -0.05) is 50.2 Å². The smallest absolute Gasteiger partial charge is 0.255 e. The molecule has 3 rings (SSSR count). The third-order valence-corrected chi connectivity index (χ3v) is 5.43. The van der Waals surface area contributed by atoms with E-state index in [2.05, 4.69) is 5.32 Å². The minimum atomic E-state index is -0.452. The normalized spacial score (nSPS) is 11.2. The maximum atomic E-state index is 12.9. The van der Waals surface area contributed by atoms with Gasteiger partial charge in [0.15, 0.2) is 11.0 Å². The van der Waals surface area contributed by atoms with Crippen LogP contribution in [0.15, 0.2) is 57.7 Å². The van der Waals surface area contributed by atoms with E-state index >= 15 is 0 Å². The van der Waals surface area contributed by atoms with Gasteiger partial charge in [-0.2, -0.15) is 0 Å². The van der Waals surface area contributed by atoms with E-state index in [9.17, 15) is 9.59 Å². The minimum Gasteiger partial charge on any atom is -0.455 e. The lowest BCUT2D eigenvalue weighted by molar-refractivity contribution is 0.0943. The zero-order valence-corrected chi connectivity index (χ0v) is 17.8. The Morgan fingerprint density at radius 1 is 1.07 bits per heavy atom. The van der Waals surface area contributed by atoms with Gasteiger partial charge in [0.25, 0.3) is 5.91 Å². The quantitative estimate of drug-likeness (QED) is 0.624. The Hall–Kier alpha value is -2.63. The van der Waals surface area contributed by atoms with Crippen molar-refractivity contribution < 1.29 is 9.21 Å². The fourth-order valence-corrected chi connectivity index (χ4v) is 3.20. The summed E-state index contributed by atoms with van der Waals surface area (Å²) in [6.45, 7) is 6.10. The number of hydrogen-bond acceptors (Lipinski definition) is 4. The monoisotopic (exact) mass is 414 g/mol. The highest BCUT2D eigenvalue weighted by Crippen LogP contribution is 2.27. The van der Waals surface area contributed by atoms with Crippen LogP contribution >= 0.6 is 12.4 Å². The van der Waals surface area contributed by atoms with Gasteiger partial charge in [-0.3, -0.25) is 9.59 Å². The molecule has 0 radical (unpaired) electrons. The van der Waals surface area contributed by atoms with E-state index in [-0.39, 0.29) is 23.7 Å². The van der Waals surface area contributed by atoms with Crippen LogP contribution in [0.3, 0.4) is 0 Å². The molecule has 0 bridgehead atoms. The van der Waals surface area contributed by atoms with E-state index in [1.54, 1.807) is 25.1 Å². The molecule has 2 aromatic carbocycles. The number of hydrogen-bond donors (Lipinski definition) is 2. The number of carbonyl (C=O) groups is 1. The van der Waals surface area contributed by atoms with Crippen LogP contribution in [0.2, 0.25) is 0 Å². The maximum Gasteiger partial charge on any atom is 0.255 e. The highest BCUT2D eigenvalue weighted by molar-refractivity contribution is 6.05. The summed E-state index contributed by atoms with van der Waals surface area (Å²) in [5, 5.41) is 3.30. The SMILES string of the molecule is CCC(N)(CC)CNC(=O)c1cccc2c(=O)c(C)c(-c3ccccc3)oc12.Cl. The van der Waals surface area contributed by atoms with Crippen molar-refractivity contribution in [2.24, 2.45) is 5.73 Å². The van der Waals surface area contributed by atoms with Gasteiger partial charge in [0.05, 0.1) is 10.9 Å². The third kappa shape index (κ3) is 4.52. The molecular formula is C23H27ClN2O3. The first-order valence-electron chi connectivity index (χ1n) is 9.59. The van der Waals surface area contributed by atoms with Gasteiger partial charge >= 0.3 is 0 Å². The van der Waals surface area contributed by atoms with Gasteiger partial charge < -0.3 is 15.5 Å². The average molecular weight is 415 g/mol. The van der Waals surface area contributed by atoms with Crippen molar-refractivity contribution in [1.29, 1.82) is 0 Å². The van der Waals surface area contributed by atoms with E-state index in [1.807, 2.05) is 44.2 Å². The van der Waals surface area contributed by atoms with Crippen LogP contribution in [0.4, 0.5) is 0 Å². The molecule has 1 aromatic heterocycles. The molecule has 0 spiro atoms. The number of benzene rings is 2. The number of nitrogens with one attached hydrogen (secondary N) is 1. The van der Waals surface area contributed by atoms with Crippen LogP contribution in [0.1, 0.15) is 42.6 Å². The van der Waals surface area contributed by atoms with E-state index in [4.69, 9.17) is 10.2 Å². The molecule has 3 N–H and O–H groups in total. The van der Waals surface area contributed by atoms with E-state index < -0.39 is 5.54 Å². The van der Waals surface area contributed by atoms with Crippen molar-refractivity contribution in [3.63, 3.8) is 0 Å². The summed E-state index contributed by atoms with van der Waals surface area (Å²) in [5.41, 5.74) is 7.66. The van der Waals surface area contributed by atoms with Crippen LogP contribution in [0, 0.1) is 6.92 Å². The van der Waals surface area contributed by atoms with Crippen molar-refractivity contribution in [3.8, 4) is 11.3 Å². The molecule has 0 atom stereocenters. The Kier molecular flexibility index (Phi) is 7.22. The second-order valence-electron chi connectivity index (χ2n) is 7.19. The van der Waals surface area contributed by atoms with E-state index in [0.29, 0.717) is 34.4 Å². The van der Waals surface area contributed by atoms with Gasteiger partial charge in [-0.25, -0.2) is 0 Å². The Labute approximate surface area is 176 Å². The maximum absolute atomic E-state index is 12.9. The summed E-state index contributed by atoms with van der Waals surface area (Å²) in [7, 11) is 0. The van der Waals surface area contributed by atoms with Gasteiger partial charge in [0, 0.05) is 23.2 Å². The predicted octanol–water partition coefficient (Wildman–Crippen LogP) is 4.44. The molecule has 1 heterocycles. The highest BCUT2D eigenvalue weighted by Gasteiger charge is 2.23. The average Bonchev–Trinajstić information content (AvgIpc) is 2.74. The molecule has 3 aromatic rings. The molecule has 0 fully saturated rings. The van der Waals surface area contributed by atoms with Crippen molar-refractivity contribution in [1.82, 2.24) is 5.32 Å². The third-order valence-electron chi connectivity index (χ3n) is 5.43. The predicted molar refractivity (Wildman–Crippen MR) is 120 cm³/mol. The summed E-state index contributed by atoms with van der Waals surface area (Å²) >= 11 is 0. The van der Waals surface area contributed by atoms with Gasteiger partial charge in [0.2, 0.25) is 0 Å². The summed E-state index contributed by atoms with van der Waals surface area (Å²) in [6.07, 6.45) is 1.51. The molecule has 0 saturated carbocycles. The molecular weight excluding hydrogens is 388 g/mol. The number of rotatable bonds is 6. The Balaban J connectivity index is 0.00000300. The van der Waals surface area contributed by atoms with Crippen molar-refractivity contribution in [2.45, 2.75) is 39.2 Å². The summed E-state index contributed by atoms with van der Waals surface area (Å²) in [4.78, 5) is 25.7. The van der Waals surface area contributed by atoms with Gasteiger partial charge in [-0.05, 0) is 31.9 Å². The lowest BCUT2D eigenvalue weighted by Gasteiger charge is -2.26. The van der Waals surface area contributed by atoms with Crippen molar-refractivity contribution in [2.75, 3.05) is 6.54 Å². The summed E-state index contributed by atoms with van der Waals surface area (Å²) < 4.78 is 6.10. The van der Waals surface area contributed by atoms with Crippen LogP contribution in [-0.2, 0) is 0 Å². The van der Waals surface area contributed by atoms with E-state index in [0.717, 1.165) is 18.4 Å². The zero-order valence-electron chi connectivity index (χ0n) is 17.0. The molecule has 1 amide bonds. The molecule has 29 heavy (non-hydrogen) atoms. The molecule has 0 aliphatic carbocycles. The van der Waals surface area contributed by atoms with Crippen LogP contribution < -0.4 is 16.5 Å². The zero-order chi connectivity index (χ0) is 20.3. The van der Waals surface area contributed by atoms with Crippen LogP contribution in [-0.4, -0.2) is 18.0 Å². The van der Waals surface area contributed by atoms with Gasteiger partial charge in [-0.15, -0.1) is 12.4 Å². The lowest BCUT2D eigenvalue weighted by atomic mass is 9.94. The Bertz CT molecular complexity index is 1060. The lowest BCUT2D eigenvalue weighted by Crippen LogP contribution is -2.49. The Morgan fingerprint density at radius 3 is 2.34 bits per heavy atom. The molecule has 154 valence electrons. The second kappa shape index (κ2) is 9.25. The first kappa shape index (κ1) is 22.7. The number of fused-ring (bicyclic) bond motifs is 1. The number of para-hydroxylation sites is 1. The highest BCUT2D eigenvalue weighted by atomic mass is 35.5. The topological polar surface area (TPSA) is 85.3 Å². The largest absolute Gasteiger partial charge is 0.455 e. The molecule has 0 aliphatic heterocycles. The minimum absolute atomic E-state index is 0. The van der Waals surface area contributed by atoms with E-state index in [1.165, 1.54) is 0 Å². The number of carbonyl (C=O) groups excluding carboxylic acids is 1. The van der Waals surface area contributed by atoms with Crippen molar-refractivity contribution >= 4 is 29.3 Å². The molecule has 0 saturated heterocycles. The fourth-order valence-electron chi connectivity index (χ4n) is 3.20. The number of halogens is 1. The fraction of sp³-hybridized carbons (Fsp3) is 0.304. The molecule has 0 unspecified atom stereocenters. The standard InChI is InChI=1S/C23H26N2O3.ClH/c1-4-23(24,5-2)14-25-22(27)18-13-9-12-17-19(26)15(3)20(28-21(17)18)16-10-7-6-8-11-16;/h6-13H,4-5,14,24H2,1-3H3,(H,25,27);1H. The number of nitrogens with two attached hydrogens (primary N) is 1. The second-order valence-corrected chi connectivity index (χ2v) is 7.19. The van der Waals surface area contributed by atoms with Crippen molar-refractivity contribution in [3.05, 3.63) is 69.9 Å². The molecule has 5 nitrogen and oxygen atoms in total. The molecule has 6 heteroatoms. The van der Waals surface area contributed by atoms with Crippen LogP contribution in [0.5, 0.6) is 0 Å². The summed E-state index contributed by atoms with van der Waals surface area (Å²) in [6, 6.07) is 14.5. The summed E-state index contributed by atoms with van der Waals surface area (Å²) in [5.74, 6) is 0.182. The Morgan fingerprint density at radius 2 is 1.72 bits per heavy atom. The first-order chi connectivity index (χ1) is 13.4. The van der Waals surface area contributed by atoms with Gasteiger partial charge in [0.1, 0.15) is 5.76 Å². The van der Waals surface area contributed by atoms with Crippen LogP contribution in [0.25, 0.3) is 22.3 Å². The first-order valence-corrected chi connectivity index (χ1v) is 9.59. The molecule has 0 aliphatic rings. The number of amides is 1.